The van der Waals surface area contributed by atoms with Crippen molar-refractivity contribution in [2.45, 2.75) is 24.7 Å². The van der Waals surface area contributed by atoms with E-state index in [0.29, 0.717) is 34.6 Å². The SMILES string of the molecule is COCO[C@@H]1[C@@H](OCOC)Cc2c(oc(=O)c3c(OC)c4c(cc23)OCO4)[C@@H]1OCOC. The molecule has 0 amide bonds. The summed E-state index contributed by atoms with van der Waals surface area (Å²) in [5.41, 5.74) is 0.109. The molecule has 0 saturated carbocycles. The zero-order valence-electron chi connectivity index (χ0n) is 18.3. The van der Waals surface area contributed by atoms with E-state index < -0.39 is 23.9 Å². The second-order valence-electron chi connectivity index (χ2n) is 7.15. The fourth-order valence-corrected chi connectivity index (χ4v) is 4.06. The highest BCUT2D eigenvalue weighted by molar-refractivity contribution is 5.95. The number of hydrogen-bond donors (Lipinski definition) is 0. The molecule has 0 radical (unpaired) electrons. The summed E-state index contributed by atoms with van der Waals surface area (Å²) in [7, 11) is 5.99. The fraction of sp³-hybridized carbons (Fsp3) is 0.571. The van der Waals surface area contributed by atoms with Crippen LogP contribution in [0.4, 0.5) is 0 Å². The van der Waals surface area contributed by atoms with Crippen molar-refractivity contribution in [2.24, 2.45) is 0 Å². The van der Waals surface area contributed by atoms with Gasteiger partial charge in [0.05, 0.1) is 13.2 Å². The average Bonchev–Trinajstić information content (AvgIpc) is 3.27. The van der Waals surface area contributed by atoms with Gasteiger partial charge in [-0.15, -0.1) is 0 Å². The van der Waals surface area contributed by atoms with E-state index in [2.05, 4.69) is 0 Å². The van der Waals surface area contributed by atoms with Crippen LogP contribution in [0.15, 0.2) is 15.3 Å². The normalized spacial score (nSPS) is 21.7. The lowest BCUT2D eigenvalue weighted by Crippen LogP contribution is -2.44. The molecule has 1 aromatic carbocycles. The second-order valence-corrected chi connectivity index (χ2v) is 7.15. The Bertz CT molecular complexity index is 1000. The third-order valence-corrected chi connectivity index (χ3v) is 5.33. The first-order valence-electron chi connectivity index (χ1n) is 9.92. The molecule has 0 N–H and O–H groups in total. The molecule has 3 atom stereocenters. The third-order valence-electron chi connectivity index (χ3n) is 5.33. The molecular weight excluding hydrogens is 428 g/mol. The first kappa shape index (κ1) is 22.8. The lowest BCUT2D eigenvalue weighted by molar-refractivity contribution is -0.217. The van der Waals surface area contributed by atoms with Crippen molar-refractivity contribution < 1.29 is 47.0 Å². The van der Waals surface area contributed by atoms with E-state index in [-0.39, 0.29) is 38.3 Å². The van der Waals surface area contributed by atoms with Gasteiger partial charge in [0.1, 0.15) is 43.7 Å². The van der Waals surface area contributed by atoms with Gasteiger partial charge in [0.15, 0.2) is 11.5 Å². The summed E-state index contributed by atoms with van der Waals surface area (Å²) in [5, 5.41) is 0.849. The molecule has 0 unspecified atom stereocenters. The molecule has 2 heterocycles. The Morgan fingerprint density at radius 3 is 2.41 bits per heavy atom. The van der Waals surface area contributed by atoms with Crippen LogP contribution in [0.1, 0.15) is 17.4 Å². The van der Waals surface area contributed by atoms with Crippen molar-refractivity contribution in [1.29, 1.82) is 0 Å². The van der Waals surface area contributed by atoms with Crippen molar-refractivity contribution in [3.05, 3.63) is 27.8 Å². The van der Waals surface area contributed by atoms with E-state index in [0.717, 1.165) is 0 Å². The highest BCUT2D eigenvalue weighted by atomic mass is 16.7. The van der Waals surface area contributed by atoms with E-state index in [1.54, 1.807) is 6.07 Å². The smallest absolute Gasteiger partial charge is 0.347 e. The molecule has 4 rings (SSSR count). The number of benzene rings is 1. The predicted molar refractivity (Wildman–Crippen MR) is 108 cm³/mol. The van der Waals surface area contributed by atoms with Crippen molar-refractivity contribution in [3.8, 4) is 17.2 Å². The average molecular weight is 454 g/mol. The minimum Gasteiger partial charge on any atom is -0.492 e. The van der Waals surface area contributed by atoms with Gasteiger partial charge in [0.25, 0.3) is 0 Å². The minimum absolute atomic E-state index is 0.00991. The maximum Gasteiger partial charge on any atom is 0.347 e. The first-order valence-corrected chi connectivity index (χ1v) is 9.92. The first-order chi connectivity index (χ1) is 15.6. The number of hydrogen-bond acceptors (Lipinski definition) is 11. The van der Waals surface area contributed by atoms with Crippen molar-refractivity contribution in [2.75, 3.05) is 55.6 Å². The van der Waals surface area contributed by atoms with Crippen LogP contribution in [-0.4, -0.2) is 67.8 Å². The topological polar surface area (TPSA) is 113 Å². The molecule has 32 heavy (non-hydrogen) atoms. The Morgan fingerprint density at radius 2 is 1.69 bits per heavy atom. The van der Waals surface area contributed by atoms with Gasteiger partial charge in [0.2, 0.25) is 12.5 Å². The molecule has 0 fully saturated rings. The van der Waals surface area contributed by atoms with Crippen molar-refractivity contribution in [3.63, 3.8) is 0 Å². The summed E-state index contributed by atoms with van der Waals surface area (Å²) in [5.74, 6) is 1.42. The van der Waals surface area contributed by atoms with Crippen molar-refractivity contribution in [1.82, 2.24) is 0 Å². The molecule has 2 aliphatic rings. The molecule has 0 spiro atoms. The van der Waals surface area contributed by atoms with E-state index in [4.69, 9.17) is 47.0 Å². The van der Waals surface area contributed by atoms with Gasteiger partial charge in [-0.25, -0.2) is 4.79 Å². The summed E-state index contributed by atoms with van der Waals surface area (Å²) in [6.45, 7) is 0.00000735. The van der Waals surface area contributed by atoms with Gasteiger partial charge in [0, 0.05) is 38.7 Å². The van der Waals surface area contributed by atoms with E-state index in [9.17, 15) is 4.79 Å². The summed E-state index contributed by atoms with van der Waals surface area (Å²) < 4.78 is 55.2. The van der Waals surface area contributed by atoms with Gasteiger partial charge in [-0.2, -0.15) is 0 Å². The molecule has 1 aliphatic heterocycles. The Hall–Kier alpha value is -2.41. The third kappa shape index (κ3) is 4.03. The lowest BCUT2D eigenvalue weighted by atomic mass is 9.86. The van der Waals surface area contributed by atoms with Crippen LogP contribution in [0.3, 0.4) is 0 Å². The van der Waals surface area contributed by atoms with E-state index >= 15 is 0 Å². The molecule has 176 valence electrons. The summed E-state index contributed by atoms with van der Waals surface area (Å²) >= 11 is 0. The van der Waals surface area contributed by atoms with Gasteiger partial charge >= 0.3 is 5.63 Å². The second kappa shape index (κ2) is 10.0. The zero-order chi connectivity index (χ0) is 22.7. The van der Waals surface area contributed by atoms with Crippen LogP contribution in [-0.2, 0) is 34.8 Å². The molecule has 0 saturated heterocycles. The van der Waals surface area contributed by atoms with Gasteiger partial charge in [-0.1, -0.05) is 0 Å². The molecular formula is C21H26O11. The highest BCUT2D eigenvalue weighted by Crippen LogP contribution is 2.48. The largest absolute Gasteiger partial charge is 0.492 e. The maximum atomic E-state index is 13.1. The molecule has 11 heteroatoms. The van der Waals surface area contributed by atoms with Crippen LogP contribution < -0.4 is 19.8 Å². The molecule has 1 aromatic heterocycles. The van der Waals surface area contributed by atoms with Crippen LogP contribution in [0, 0.1) is 0 Å². The highest BCUT2D eigenvalue weighted by Gasteiger charge is 2.43. The predicted octanol–water partition coefficient (Wildman–Crippen LogP) is 1.73. The Morgan fingerprint density at radius 1 is 0.969 bits per heavy atom. The Kier molecular flexibility index (Phi) is 7.13. The monoisotopic (exact) mass is 454 g/mol. The lowest BCUT2D eigenvalue weighted by Gasteiger charge is -2.37. The Balaban J connectivity index is 1.91. The number of ether oxygens (including phenoxy) is 9. The standard InChI is InChI=1S/C21H26O11/c1-23-7-27-14-6-12-11-5-13-17(31-10-28-13)19(26-4)15(11)21(22)32-16(12)20(30-9-25-3)18(14)29-8-24-2/h5,14,18,20H,6-10H2,1-4H3/t14-,18+,20-/m0/s1. The van der Waals surface area contributed by atoms with E-state index in [1.807, 2.05) is 0 Å². The van der Waals surface area contributed by atoms with Gasteiger partial charge < -0.3 is 47.0 Å². The minimum atomic E-state index is -0.802. The van der Waals surface area contributed by atoms with Gasteiger partial charge in [-0.05, 0) is 6.07 Å². The maximum absolute atomic E-state index is 13.1. The fourth-order valence-electron chi connectivity index (χ4n) is 4.06. The van der Waals surface area contributed by atoms with Crippen LogP contribution in [0.5, 0.6) is 17.2 Å². The molecule has 2 aromatic rings. The number of methoxy groups -OCH3 is 4. The van der Waals surface area contributed by atoms with Crippen LogP contribution >= 0.6 is 0 Å². The Labute approximate surface area is 183 Å². The van der Waals surface area contributed by atoms with Crippen LogP contribution in [0.25, 0.3) is 10.8 Å². The van der Waals surface area contributed by atoms with Gasteiger partial charge in [-0.3, -0.25) is 0 Å². The molecule has 0 bridgehead atoms. The summed E-state index contributed by atoms with van der Waals surface area (Å²) in [6, 6.07) is 1.74. The van der Waals surface area contributed by atoms with Crippen molar-refractivity contribution >= 4 is 10.8 Å². The summed E-state index contributed by atoms with van der Waals surface area (Å²) in [6.07, 6.45) is -1.59. The van der Waals surface area contributed by atoms with E-state index in [1.165, 1.54) is 28.4 Å². The summed E-state index contributed by atoms with van der Waals surface area (Å²) in [4.78, 5) is 13.1. The quantitative estimate of drug-likeness (QED) is 0.489. The molecule has 1 aliphatic carbocycles. The number of fused-ring (bicyclic) bond motifs is 4. The zero-order valence-corrected chi connectivity index (χ0v) is 18.3. The number of rotatable bonds is 10. The molecule has 11 nitrogen and oxygen atoms in total. The van der Waals surface area contributed by atoms with Crippen LogP contribution in [0.2, 0.25) is 0 Å².